The highest BCUT2D eigenvalue weighted by Crippen LogP contribution is 2.15. The van der Waals surface area contributed by atoms with E-state index in [1.807, 2.05) is 29.9 Å². The summed E-state index contributed by atoms with van der Waals surface area (Å²) in [6.07, 6.45) is 7.15. The lowest BCUT2D eigenvalue weighted by Crippen LogP contribution is -2.12. The summed E-state index contributed by atoms with van der Waals surface area (Å²) < 4.78 is 1.88. The maximum absolute atomic E-state index is 6.01. The average molecular weight is 225 g/mol. The first-order valence-electron chi connectivity index (χ1n) is 4.41. The van der Waals surface area contributed by atoms with E-state index in [4.69, 9.17) is 5.73 Å². The van der Waals surface area contributed by atoms with Crippen LogP contribution in [0.2, 0.25) is 0 Å². The van der Waals surface area contributed by atoms with E-state index in [0.717, 1.165) is 11.3 Å². The van der Waals surface area contributed by atoms with Gasteiger partial charge >= 0.3 is 0 Å². The van der Waals surface area contributed by atoms with Crippen LogP contribution in [0.5, 0.6) is 0 Å². The number of aromatic nitrogens is 3. The van der Waals surface area contributed by atoms with Gasteiger partial charge in [0, 0.05) is 25.6 Å². The van der Waals surface area contributed by atoms with Crippen molar-refractivity contribution in [3.63, 3.8) is 0 Å². The summed E-state index contributed by atoms with van der Waals surface area (Å²) in [5.41, 5.74) is 7.85. The van der Waals surface area contributed by atoms with E-state index >= 15 is 0 Å². The van der Waals surface area contributed by atoms with Gasteiger partial charge in [-0.2, -0.15) is 0 Å². The Morgan fingerprint density at radius 2 is 2.27 bits per heavy atom. The lowest BCUT2D eigenvalue weighted by molar-refractivity contribution is 0.828. The Morgan fingerprint density at radius 1 is 1.47 bits per heavy atom. The van der Waals surface area contributed by atoms with Gasteiger partial charge in [0.2, 0.25) is 0 Å². The van der Waals surface area contributed by atoms with Gasteiger partial charge in [-0.05, 0) is 11.6 Å². The van der Waals surface area contributed by atoms with Crippen molar-refractivity contribution in [2.24, 2.45) is 12.8 Å². The highest BCUT2D eigenvalue weighted by molar-refractivity contribution is 5.85. The molecule has 2 aromatic heterocycles. The summed E-state index contributed by atoms with van der Waals surface area (Å²) in [6, 6.07) is 3.63. The second-order valence-corrected chi connectivity index (χ2v) is 3.23. The van der Waals surface area contributed by atoms with Crippen molar-refractivity contribution in [2.75, 3.05) is 0 Å². The molecular formula is C10H13ClN4. The molecule has 0 saturated heterocycles. The maximum atomic E-state index is 6.01. The highest BCUT2D eigenvalue weighted by atomic mass is 35.5. The molecule has 0 saturated carbocycles. The Kier molecular flexibility index (Phi) is 3.82. The molecule has 5 heteroatoms. The highest BCUT2D eigenvalue weighted by Gasteiger charge is 2.10. The second kappa shape index (κ2) is 4.91. The van der Waals surface area contributed by atoms with E-state index in [2.05, 4.69) is 9.97 Å². The number of pyridine rings is 1. The van der Waals surface area contributed by atoms with Crippen molar-refractivity contribution in [1.29, 1.82) is 0 Å². The first kappa shape index (κ1) is 11.7. The fraction of sp³-hybridized carbons (Fsp3) is 0.200. The van der Waals surface area contributed by atoms with Crippen LogP contribution in [-0.2, 0) is 7.05 Å². The molecule has 0 aliphatic carbocycles. The topological polar surface area (TPSA) is 56.7 Å². The molecule has 2 aromatic rings. The molecule has 0 radical (unpaired) electrons. The number of hydrogen-bond donors (Lipinski definition) is 1. The van der Waals surface area contributed by atoms with Crippen LogP contribution in [0, 0.1) is 0 Å². The third-order valence-corrected chi connectivity index (χ3v) is 2.09. The minimum Gasteiger partial charge on any atom is -0.340 e. The Balaban J connectivity index is 0.00000112. The number of nitrogens with two attached hydrogens (primary N) is 1. The lowest BCUT2D eigenvalue weighted by atomic mass is 10.1. The van der Waals surface area contributed by atoms with Crippen LogP contribution in [-0.4, -0.2) is 14.5 Å². The molecule has 0 amide bonds. The van der Waals surface area contributed by atoms with E-state index in [-0.39, 0.29) is 18.4 Å². The third-order valence-electron chi connectivity index (χ3n) is 2.09. The molecule has 2 N–H and O–H groups in total. The van der Waals surface area contributed by atoms with Gasteiger partial charge in [0.05, 0.1) is 18.1 Å². The number of halogens is 1. The van der Waals surface area contributed by atoms with Crippen LogP contribution in [0.3, 0.4) is 0 Å². The minimum atomic E-state index is -0.190. The Bertz CT molecular complexity index is 412. The van der Waals surface area contributed by atoms with Gasteiger partial charge in [-0.1, -0.05) is 6.07 Å². The molecule has 0 aliphatic heterocycles. The van der Waals surface area contributed by atoms with Crippen molar-refractivity contribution < 1.29 is 0 Å². The zero-order chi connectivity index (χ0) is 9.97. The fourth-order valence-corrected chi connectivity index (χ4v) is 1.32. The molecule has 1 atom stereocenters. The third kappa shape index (κ3) is 2.55. The zero-order valence-electron chi connectivity index (χ0n) is 8.37. The summed E-state index contributed by atoms with van der Waals surface area (Å²) in [5.74, 6) is 0. The van der Waals surface area contributed by atoms with Crippen molar-refractivity contribution in [3.8, 4) is 0 Å². The number of imidazole rings is 1. The van der Waals surface area contributed by atoms with Crippen LogP contribution in [0.15, 0.2) is 37.1 Å². The molecule has 15 heavy (non-hydrogen) atoms. The Labute approximate surface area is 94.6 Å². The summed E-state index contributed by atoms with van der Waals surface area (Å²) in [6.45, 7) is 0. The molecule has 1 unspecified atom stereocenters. The average Bonchev–Trinajstić information content (AvgIpc) is 2.65. The molecule has 0 bridgehead atoms. The van der Waals surface area contributed by atoms with E-state index in [0.29, 0.717) is 0 Å². The lowest BCUT2D eigenvalue weighted by Gasteiger charge is -2.07. The Hall–Kier alpha value is -1.39. The molecule has 0 aliphatic rings. The monoisotopic (exact) mass is 224 g/mol. The van der Waals surface area contributed by atoms with Gasteiger partial charge in [0.15, 0.2) is 0 Å². The SMILES string of the molecule is Cl.Cn1cnc(C(N)c2cccnc2)c1. The summed E-state index contributed by atoms with van der Waals surface area (Å²) in [7, 11) is 1.92. The van der Waals surface area contributed by atoms with Gasteiger partial charge in [-0.25, -0.2) is 4.98 Å². The van der Waals surface area contributed by atoms with Crippen LogP contribution in [0.1, 0.15) is 17.3 Å². The molecule has 0 spiro atoms. The van der Waals surface area contributed by atoms with Crippen LogP contribution in [0.25, 0.3) is 0 Å². The number of nitrogens with zero attached hydrogens (tertiary/aromatic N) is 3. The zero-order valence-corrected chi connectivity index (χ0v) is 9.19. The molecular weight excluding hydrogens is 212 g/mol. The predicted octanol–water partition coefficient (Wildman–Crippen LogP) is 1.29. The van der Waals surface area contributed by atoms with Crippen molar-refractivity contribution >= 4 is 12.4 Å². The molecule has 4 nitrogen and oxygen atoms in total. The van der Waals surface area contributed by atoms with Gasteiger partial charge < -0.3 is 10.3 Å². The molecule has 0 fully saturated rings. The summed E-state index contributed by atoms with van der Waals surface area (Å²) >= 11 is 0. The van der Waals surface area contributed by atoms with Gasteiger partial charge in [-0.15, -0.1) is 12.4 Å². The first-order chi connectivity index (χ1) is 6.77. The predicted molar refractivity (Wildman–Crippen MR) is 60.7 cm³/mol. The van der Waals surface area contributed by atoms with Crippen molar-refractivity contribution in [3.05, 3.63) is 48.3 Å². The smallest absolute Gasteiger partial charge is 0.0947 e. The first-order valence-corrected chi connectivity index (χ1v) is 4.41. The summed E-state index contributed by atoms with van der Waals surface area (Å²) in [4.78, 5) is 8.23. The van der Waals surface area contributed by atoms with Crippen LogP contribution >= 0.6 is 12.4 Å². The summed E-state index contributed by atoms with van der Waals surface area (Å²) in [5, 5.41) is 0. The van der Waals surface area contributed by atoms with E-state index in [1.54, 1.807) is 18.7 Å². The van der Waals surface area contributed by atoms with Gasteiger partial charge in [0.1, 0.15) is 0 Å². The van der Waals surface area contributed by atoms with Crippen molar-refractivity contribution in [2.45, 2.75) is 6.04 Å². The maximum Gasteiger partial charge on any atom is 0.0947 e. The van der Waals surface area contributed by atoms with Crippen LogP contribution in [0.4, 0.5) is 0 Å². The van der Waals surface area contributed by atoms with Crippen molar-refractivity contribution in [1.82, 2.24) is 14.5 Å². The molecule has 2 rings (SSSR count). The minimum absolute atomic E-state index is 0. The standard InChI is InChI=1S/C10H12N4.ClH/c1-14-6-9(13-7-14)10(11)8-3-2-4-12-5-8;/h2-7,10H,11H2,1H3;1H. The normalized spacial score (nSPS) is 11.9. The quantitative estimate of drug-likeness (QED) is 0.836. The van der Waals surface area contributed by atoms with Crippen LogP contribution < -0.4 is 5.73 Å². The number of rotatable bonds is 2. The molecule has 80 valence electrons. The second-order valence-electron chi connectivity index (χ2n) is 3.23. The molecule has 0 aromatic carbocycles. The number of hydrogen-bond acceptors (Lipinski definition) is 3. The fourth-order valence-electron chi connectivity index (χ4n) is 1.32. The van der Waals surface area contributed by atoms with Gasteiger partial charge in [0.25, 0.3) is 0 Å². The van der Waals surface area contributed by atoms with E-state index in [1.165, 1.54) is 0 Å². The largest absolute Gasteiger partial charge is 0.340 e. The number of aryl methyl sites for hydroxylation is 1. The van der Waals surface area contributed by atoms with E-state index < -0.39 is 0 Å². The Morgan fingerprint density at radius 3 is 2.80 bits per heavy atom. The molecule has 2 heterocycles. The van der Waals surface area contributed by atoms with Gasteiger partial charge in [-0.3, -0.25) is 4.98 Å². The van der Waals surface area contributed by atoms with E-state index in [9.17, 15) is 0 Å².